The van der Waals surface area contributed by atoms with Crippen LogP contribution in [0.15, 0.2) is 72.9 Å². The van der Waals surface area contributed by atoms with Crippen molar-refractivity contribution in [1.82, 2.24) is 9.88 Å². The number of unbranched alkanes of at least 4 members (excludes halogenated alkanes) is 1. The van der Waals surface area contributed by atoms with E-state index in [1.165, 1.54) is 4.90 Å². The number of benzene rings is 3. The first-order valence-corrected chi connectivity index (χ1v) is 15.6. The molecule has 4 aromatic rings. The Labute approximate surface area is 270 Å². The van der Waals surface area contributed by atoms with Crippen LogP contribution in [0.2, 0.25) is 10.0 Å². The van der Waals surface area contributed by atoms with E-state index in [1.807, 2.05) is 60.7 Å². The molecule has 1 fully saturated rings. The van der Waals surface area contributed by atoms with Crippen LogP contribution in [0.25, 0.3) is 10.9 Å². The van der Waals surface area contributed by atoms with Gasteiger partial charge in [0.25, 0.3) is 0 Å². The molecule has 1 aliphatic heterocycles. The van der Waals surface area contributed by atoms with E-state index in [-0.39, 0.29) is 18.4 Å². The Morgan fingerprint density at radius 2 is 1.58 bits per heavy atom. The summed E-state index contributed by atoms with van der Waals surface area (Å²) in [6.07, 6.45) is -0.269. The number of piperidine rings is 1. The van der Waals surface area contributed by atoms with Gasteiger partial charge in [-0.3, -0.25) is 14.7 Å². The molecule has 0 amide bonds. The van der Waals surface area contributed by atoms with Gasteiger partial charge in [-0.15, -0.1) is 0 Å². The Balaban J connectivity index is 1.52. The first-order valence-electron chi connectivity index (χ1n) is 14.9. The van der Waals surface area contributed by atoms with Crippen molar-refractivity contribution in [3.05, 3.63) is 99.7 Å². The van der Waals surface area contributed by atoms with E-state index in [1.54, 1.807) is 6.20 Å². The number of fused-ring (bicyclic) bond motifs is 1. The molecule has 1 saturated heterocycles. The maximum absolute atomic E-state index is 12.9. The predicted molar refractivity (Wildman–Crippen MR) is 172 cm³/mol. The topological polar surface area (TPSA) is 74.7 Å². The van der Waals surface area contributed by atoms with Crippen LogP contribution in [0.3, 0.4) is 0 Å². The van der Waals surface area contributed by atoms with Crippen LogP contribution < -0.4 is 10.1 Å². The quantitative estimate of drug-likeness (QED) is 0.117. The molecular weight excluding hydrogens is 626 g/mol. The van der Waals surface area contributed by atoms with Crippen molar-refractivity contribution in [3.63, 3.8) is 0 Å². The lowest BCUT2D eigenvalue weighted by Crippen LogP contribution is -2.43. The average molecular weight is 661 g/mol. The largest absolute Gasteiger partial charge is 0.491 e. The van der Waals surface area contributed by atoms with Crippen LogP contribution >= 0.6 is 23.2 Å². The van der Waals surface area contributed by atoms with Gasteiger partial charge in [-0.25, -0.2) is 0 Å². The van der Waals surface area contributed by atoms with E-state index < -0.39 is 18.7 Å². The summed E-state index contributed by atoms with van der Waals surface area (Å²) in [6, 6.07) is 21.2. The zero-order valence-electron chi connectivity index (χ0n) is 24.5. The maximum Gasteiger partial charge on any atom is 0.401 e. The van der Waals surface area contributed by atoms with E-state index >= 15 is 0 Å². The monoisotopic (exact) mass is 659 g/mol. The Morgan fingerprint density at radius 3 is 2.16 bits per heavy atom. The predicted octanol–water partition coefficient (Wildman–Crippen LogP) is 8.79. The highest BCUT2D eigenvalue weighted by molar-refractivity contribution is 6.30. The third kappa shape index (κ3) is 9.02. The van der Waals surface area contributed by atoms with Crippen LogP contribution in [0.1, 0.15) is 54.7 Å². The second-order valence-electron chi connectivity index (χ2n) is 11.3. The molecule has 3 aromatic carbocycles. The normalized spacial score (nSPS) is 14.6. The molecule has 6 nitrogen and oxygen atoms in total. The summed E-state index contributed by atoms with van der Waals surface area (Å²) in [5.41, 5.74) is 4.40. The number of likely N-dealkylation sites (tertiary alicyclic amines) is 1. The van der Waals surface area contributed by atoms with E-state index in [0.717, 1.165) is 27.8 Å². The Hall–Kier alpha value is -3.53. The number of nitrogens with zero attached hydrogens (tertiary/aromatic N) is 2. The van der Waals surface area contributed by atoms with E-state index in [4.69, 9.17) is 33.0 Å². The highest BCUT2D eigenvalue weighted by atomic mass is 35.5. The zero-order chi connectivity index (χ0) is 32.0. The third-order valence-electron chi connectivity index (χ3n) is 7.96. The van der Waals surface area contributed by atoms with E-state index in [0.29, 0.717) is 66.7 Å². The molecule has 0 spiro atoms. The summed E-state index contributed by atoms with van der Waals surface area (Å²) in [7, 11) is 0. The fraction of sp³-hybridized carbons (Fsp3) is 0.353. The lowest BCUT2D eigenvalue weighted by Gasteiger charge is -2.33. The Kier molecular flexibility index (Phi) is 10.7. The fourth-order valence-corrected chi connectivity index (χ4v) is 6.06. The molecule has 0 bridgehead atoms. The van der Waals surface area contributed by atoms with Crippen LogP contribution in [0.4, 0.5) is 18.9 Å². The average Bonchev–Trinajstić information content (AvgIpc) is 2.99. The molecular formula is C34H34Cl2F3N3O3. The minimum Gasteiger partial charge on any atom is -0.491 e. The van der Waals surface area contributed by atoms with Gasteiger partial charge < -0.3 is 15.2 Å². The van der Waals surface area contributed by atoms with Crippen molar-refractivity contribution >= 4 is 45.8 Å². The smallest absolute Gasteiger partial charge is 0.401 e. The number of aliphatic carboxylic acids is 1. The summed E-state index contributed by atoms with van der Waals surface area (Å²) in [5, 5.41) is 14.7. The van der Waals surface area contributed by atoms with Gasteiger partial charge >= 0.3 is 12.1 Å². The lowest BCUT2D eigenvalue weighted by atomic mass is 9.84. The number of nitrogens with one attached hydrogen (secondary N) is 1. The molecule has 2 heterocycles. The maximum atomic E-state index is 12.9. The number of carboxylic acid groups (broad SMARTS) is 1. The molecule has 0 unspecified atom stereocenters. The highest BCUT2D eigenvalue weighted by Gasteiger charge is 2.32. The fourth-order valence-electron chi connectivity index (χ4n) is 5.80. The van der Waals surface area contributed by atoms with Gasteiger partial charge in [0.1, 0.15) is 11.3 Å². The number of ether oxygens (including phenoxy) is 1. The molecule has 1 aliphatic rings. The number of hydrogen-bond donors (Lipinski definition) is 2. The first kappa shape index (κ1) is 32.9. The second kappa shape index (κ2) is 14.7. The van der Waals surface area contributed by atoms with Crippen LogP contribution in [-0.2, 0) is 4.79 Å². The van der Waals surface area contributed by atoms with Crippen molar-refractivity contribution in [2.24, 2.45) is 0 Å². The molecule has 45 heavy (non-hydrogen) atoms. The SMILES string of the molecule is O=C(O)CCCCOc1cc(C(c2ccc(Cl)cc2)c2ccc(Cl)cc2)cc2c(NC3CCN(CC(F)(F)F)CC3)ccnc12. The minimum atomic E-state index is -4.22. The number of halogens is 5. The third-order valence-corrected chi connectivity index (χ3v) is 8.47. The van der Waals surface area contributed by atoms with Crippen molar-refractivity contribution in [2.75, 3.05) is 31.6 Å². The molecule has 2 N–H and O–H groups in total. The lowest BCUT2D eigenvalue weighted by molar-refractivity contribution is -0.147. The Morgan fingerprint density at radius 1 is 0.956 bits per heavy atom. The molecule has 0 radical (unpaired) electrons. The number of rotatable bonds is 12. The molecule has 11 heteroatoms. The molecule has 238 valence electrons. The first-order chi connectivity index (χ1) is 21.6. The van der Waals surface area contributed by atoms with Gasteiger partial charge in [0.15, 0.2) is 0 Å². The van der Waals surface area contributed by atoms with Crippen molar-refractivity contribution in [1.29, 1.82) is 0 Å². The number of carboxylic acids is 1. The van der Waals surface area contributed by atoms with Gasteiger partial charge in [-0.05, 0) is 84.8 Å². The number of carbonyl (C=O) groups is 1. The number of alkyl halides is 3. The van der Waals surface area contributed by atoms with Crippen molar-refractivity contribution < 1.29 is 27.8 Å². The summed E-state index contributed by atoms with van der Waals surface area (Å²) in [6.45, 7) is 0.122. The molecule has 0 aliphatic carbocycles. The highest BCUT2D eigenvalue weighted by Crippen LogP contribution is 2.40. The summed E-state index contributed by atoms with van der Waals surface area (Å²) in [5.74, 6) is -0.496. The molecule has 0 saturated carbocycles. The number of anilines is 1. The minimum absolute atomic E-state index is 0.00699. The van der Waals surface area contributed by atoms with Crippen LogP contribution in [-0.4, -0.2) is 59.4 Å². The molecule has 5 rings (SSSR count). The van der Waals surface area contributed by atoms with E-state index in [9.17, 15) is 18.0 Å². The second-order valence-corrected chi connectivity index (χ2v) is 12.2. The van der Waals surface area contributed by atoms with Gasteiger partial charge in [0.2, 0.25) is 0 Å². The summed E-state index contributed by atoms with van der Waals surface area (Å²) < 4.78 is 45.1. The van der Waals surface area contributed by atoms with Gasteiger partial charge in [-0.1, -0.05) is 47.5 Å². The van der Waals surface area contributed by atoms with Crippen molar-refractivity contribution in [2.45, 2.75) is 50.2 Å². The standard InChI is InChI=1S/C34H34Cl2F3N3O3/c35-25-8-4-22(5-9-25)32(23-6-10-26(36)11-7-23)24-19-28-29(41-27-13-16-42(17-14-27)21-34(37,38)39)12-15-40-33(28)30(20-24)45-18-2-1-3-31(43)44/h4-12,15,19-20,27,32H,1-3,13-14,16-18,21H2,(H,40,41)(H,43,44). The number of aromatic nitrogens is 1. The number of pyridine rings is 1. The Bertz CT molecular complexity index is 1550. The summed E-state index contributed by atoms with van der Waals surface area (Å²) in [4.78, 5) is 17.1. The number of hydrogen-bond acceptors (Lipinski definition) is 5. The van der Waals surface area contributed by atoms with Gasteiger partial charge in [-0.2, -0.15) is 13.2 Å². The van der Waals surface area contributed by atoms with Gasteiger partial charge in [0.05, 0.1) is 13.2 Å². The van der Waals surface area contributed by atoms with E-state index in [2.05, 4.69) is 16.4 Å². The van der Waals surface area contributed by atoms with Crippen LogP contribution in [0.5, 0.6) is 5.75 Å². The van der Waals surface area contributed by atoms with Crippen molar-refractivity contribution in [3.8, 4) is 5.75 Å². The summed E-state index contributed by atoms with van der Waals surface area (Å²) >= 11 is 12.5. The molecule has 0 atom stereocenters. The molecule has 1 aromatic heterocycles. The van der Waals surface area contributed by atoms with Gasteiger partial charge in [0, 0.05) is 58.8 Å². The van der Waals surface area contributed by atoms with Crippen LogP contribution in [0, 0.1) is 0 Å². The zero-order valence-corrected chi connectivity index (χ0v) is 26.0.